The average molecular weight is 1080 g/mol. The summed E-state index contributed by atoms with van der Waals surface area (Å²) in [6.07, 6.45) is -0.0689. The lowest BCUT2D eigenvalue weighted by atomic mass is 9.97. The van der Waals surface area contributed by atoms with Crippen LogP contribution in [0.25, 0.3) is 0 Å². The molecule has 1 aromatic rings. The van der Waals surface area contributed by atoms with Gasteiger partial charge in [-0.3, -0.25) is 52.7 Å². The fourth-order valence-electron chi connectivity index (χ4n) is 9.61. The van der Waals surface area contributed by atoms with Crippen LogP contribution in [0.15, 0.2) is 24.3 Å². The van der Waals surface area contributed by atoms with Gasteiger partial charge in [0, 0.05) is 25.9 Å². The van der Waals surface area contributed by atoms with Gasteiger partial charge in [-0.15, -0.1) is 0 Å². The lowest BCUT2D eigenvalue weighted by Gasteiger charge is -2.32. The van der Waals surface area contributed by atoms with Crippen LogP contribution in [0.2, 0.25) is 0 Å². The average Bonchev–Trinajstić information content (AvgIpc) is 4.02. The number of esters is 1. The van der Waals surface area contributed by atoms with Gasteiger partial charge in [0.05, 0.1) is 25.4 Å². The van der Waals surface area contributed by atoms with Gasteiger partial charge in [-0.05, 0) is 79.9 Å². The predicted octanol–water partition coefficient (Wildman–Crippen LogP) is -0.482. The van der Waals surface area contributed by atoms with Gasteiger partial charge in [0.25, 0.3) is 0 Å². The summed E-state index contributed by atoms with van der Waals surface area (Å²) in [6, 6.07) is -5.23. The highest BCUT2D eigenvalue weighted by molar-refractivity contribution is 6.04. The van der Waals surface area contributed by atoms with Gasteiger partial charge in [0.15, 0.2) is 5.78 Å². The van der Waals surface area contributed by atoms with E-state index in [0.29, 0.717) is 18.4 Å². The molecule has 10 amide bonds. The highest BCUT2D eigenvalue weighted by Gasteiger charge is 2.45. The van der Waals surface area contributed by atoms with Gasteiger partial charge in [0.2, 0.25) is 59.1 Å². The van der Waals surface area contributed by atoms with E-state index in [1.165, 1.54) is 34.1 Å². The van der Waals surface area contributed by atoms with Crippen LogP contribution < -0.4 is 43.0 Å². The molecule has 4 rings (SSSR count). The molecule has 10 N–H and O–H groups in total. The smallest absolute Gasteiger partial charge is 0.328 e. The molecule has 0 aliphatic carbocycles. The third-order valence-electron chi connectivity index (χ3n) is 13.8. The maximum Gasteiger partial charge on any atom is 0.328 e. The number of phenolic OH excluding ortho intramolecular Hbond substituents is 1. The number of nitrogens with zero attached hydrogens (tertiary/aromatic N) is 2. The molecule has 2 unspecified atom stereocenters. The van der Waals surface area contributed by atoms with Gasteiger partial charge in [-0.1, -0.05) is 73.9 Å². The molecule has 426 valence electrons. The van der Waals surface area contributed by atoms with E-state index < -0.39 is 151 Å². The zero-order chi connectivity index (χ0) is 57.3. The first-order chi connectivity index (χ1) is 36.3. The SMILES string of the molecule is CCCC(=O)N[C@H](C(=O)N[C@H]1COC(=O)[C@@H]2CCCN2C(=O)[C@H](Cc2ccc(O)cc2)NC(=O)[C@H](CC(N)=O)NC(=O)CNC(=O)[C@H](CC(C)C)NC(=O)CC(=O)[C@H](CC(C)C)NC(=O)[C@@H]2CC(C)CN2C1=O)C(C)CC. The molecular weight excluding hydrogens is 1000 g/mol. The molecule has 3 fully saturated rings. The third kappa shape index (κ3) is 18.8. The molecule has 24 nitrogen and oxygen atoms in total. The molecule has 10 atom stereocenters. The minimum atomic E-state index is -1.69. The fraction of sp³-hybridized carbons (Fsp3) is 0.660. The zero-order valence-corrected chi connectivity index (χ0v) is 45.6. The summed E-state index contributed by atoms with van der Waals surface area (Å²) in [4.78, 5) is 169. The molecule has 77 heavy (non-hydrogen) atoms. The number of primary amides is 1. The molecule has 3 saturated heterocycles. The Morgan fingerprint density at radius 1 is 0.779 bits per heavy atom. The number of nitrogens with two attached hydrogens (primary N) is 1. The Balaban J connectivity index is 1.81. The van der Waals surface area contributed by atoms with Crippen LogP contribution >= 0.6 is 0 Å². The molecule has 0 saturated carbocycles. The van der Waals surface area contributed by atoms with Gasteiger partial charge in [0.1, 0.15) is 54.6 Å². The van der Waals surface area contributed by atoms with Crippen molar-refractivity contribution < 1.29 is 67.4 Å². The number of fused-ring (bicyclic) bond motifs is 2. The molecule has 24 heteroatoms. The number of aromatic hydroxyl groups is 1. The normalized spacial score (nSPS) is 25.8. The predicted molar refractivity (Wildman–Crippen MR) is 278 cm³/mol. The van der Waals surface area contributed by atoms with E-state index in [1.807, 2.05) is 6.92 Å². The summed E-state index contributed by atoms with van der Waals surface area (Å²) in [5.74, 6) is -11.1. The van der Waals surface area contributed by atoms with Crippen molar-refractivity contribution in [2.24, 2.45) is 29.4 Å². The van der Waals surface area contributed by atoms with Gasteiger partial charge in [-0.2, -0.15) is 0 Å². The minimum absolute atomic E-state index is 0.00411. The van der Waals surface area contributed by atoms with Crippen LogP contribution in [0.5, 0.6) is 5.75 Å². The molecule has 3 heterocycles. The molecule has 1 aromatic carbocycles. The van der Waals surface area contributed by atoms with E-state index in [0.717, 1.165) is 0 Å². The summed E-state index contributed by atoms with van der Waals surface area (Å²) in [6.45, 7) is 12.7. The van der Waals surface area contributed by atoms with Gasteiger partial charge >= 0.3 is 5.97 Å². The Morgan fingerprint density at radius 3 is 2.04 bits per heavy atom. The van der Waals surface area contributed by atoms with E-state index >= 15 is 0 Å². The second-order valence-corrected chi connectivity index (χ2v) is 21.4. The molecule has 0 spiro atoms. The quantitative estimate of drug-likeness (QED) is 0.0792. The monoisotopic (exact) mass is 1080 g/mol. The van der Waals surface area contributed by atoms with Crippen LogP contribution in [-0.4, -0.2) is 160 Å². The van der Waals surface area contributed by atoms with Crippen LogP contribution in [0.3, 0.4) is 0 Å². The first-order valence-corrected chi connectivity index (χ1v) is 26.7. The van der Waals surface area contributed by atoms with Gasteiger partial charge in [-0.25, -0.2) is 4.79 Å². The third-order valence-corrected chi connectivity index (χ3v) is 13.8. The number of carbonyl (C=O) groups is 12. The number of rotatable bonds is 15. The standard InChI is InChI=1S/C53H80N10O14/c1-9-12-43(67)61-46(31(8)10-2)50(73)60-38-27-77-53(76)39-13-11-18-62(39)51(74)37(22-32-14-16-33(64)17-15-32)59-48(71)36(23-42(54)66)57-45(69)25-55-47(70)35(20-29(5)6)56-44(68)24-41(65)34(19-28(3)4)58-49(72)40-21-30(7)26-63(40)52(38)75/h14-17,28-31,34-40,46,64H,9-13,18-27H2,1-8H3,(H2,54,66)(H,55,70)(H,56,68)(H,57,69)(H,58,72)(H,59,71)(H,60,73)(H,61,67)/t30?,31?,34-,35-,36-,37-,38-,39-,40-,46-/m0/s1. The van der Waals surface area contributed by atoms with Gasteiger partial charge < -0.3 is 62.6 Å². The van der Waals surface area contributed by atoms with Crippen molar-refractivity contribution >= 4 is 70.8 Å². The summed E-state index contributed by atoms with van der Waals surface area (Å²) in [5, 5.41) is 28.1. The fourth-order valence-corrected chi connectivity index (χ4v) is 9.61. The maximum absolute atomic E-state index is 14.9. The summed E-state index contributed by atoms with van der Waals surface area (Å²) < 4.78 is 5.82. The number of ether oxygens (including phenoxy) is 1. The van der Waals surface area contributed by atoms with Crippen LogP contribution in [0.4, 0.5) is 0 Å². The Hall–Kier alpha value is -7.14. The molecule has 0 aromatic heterocycles. The second kappa shape index (κ2) is 29.4. The largest absolute Gasteiger partial charge is 0.508 e. The minimum Gasteiger partial charge on any atom is -0.508 e. The summed E-state index contributed by atoms with van der Waals surface area (Å²) >= 11 is 0. The molecular formula is C53H80N10O14. The summed E-state index contributed by atoms with van der Waals surface area (Å²) in [7, 11) is 0. The number of hydrogen-bond acceptors (Lipinski definition) is 14. The first-order valence-electron chi connectivity index (χ1n) is 26.7. The highest BCUT2D eigenvalue weighted by Crippen LogP contribution is 2.26. The topological polar surface area (TPSA) is 351 Å². The molecule has 3 aliphatic rings. The number of carbonyl (C=O) groups excluding carboxylic acids is 12. The lowest BCUT2D eigenvalue weighted by Crippen LogP contribution is -2.60. The van der Waals surface area contributed by atoms with E-state index in [2.05, 4.69) is 37.2 Å². The molecule has 3 aliphatic heterocycles. The molecule has 0 radical (unpaired) electrons. The Bertz CT molecular complexity index is 2330. The maximum atomic E-state index is 14.9. The summed E-state index contributed by atoms with van der Waals surface area (Å²) in [5.41, 5.74) is 5.94. The first kappa shape index (κ1) is 62.4. The van der Waals surface area contributed by atoms with Crippen molar-refractivity contribution in [1.29, 1.82) is 0 Å². The van der Waals surface area contributed by atoms with Crippen molar-refractivity contribution in [3.8, 4) is 5.75 Å². The lowest BCUT2D eigenvalue weighted by molar-refractivity contribution is -0.157. The number of nitrogens with one attached hydrogen (secondary N) is 7. The number of Topliss-reactive ketones (excluding diaryl/α,β-unsaturated/α-hetero) is 1. The Labute approximate surface area is 449 Å². The Kier molecular flexibility index (Phi) is 23.8. The number of benzene rings is 1. The molecule has 0 bridgehead atoms. The van der Waals surface area contributed by atoms with E-state index in [4.69, 9.17) is 10.5 Å². The van der Waals surface area contributed by atoms with Crippen LogP contribution in [0.1, 0.15) is 125 Å². The number of ketones is 1. The number of amides is 10. The van der Waals surface area contributed by atoms with Crippen LogP contribution in [0, 0.1) is 23.7 Å². The van der Waals surface area contributed by atoms with Crippen molar-refractivity contribution in [3.63, 3.8) is 0 Å². The van der Waals surface area contributed by atoms with Crippen LogP contribution in [-0.2, 0) is 68.7 Å². The van der Waals surface area contributed by atoms with E-state index in [9.17, 15) is 62.6 Å². The second-order valence-electron chi connectivity index (χ2n) is 21.4. The van der Waals surface area contributed by atoms with Crippen molar-refractivity contribution in [2.45, 2.75) is 174 Å². The van der Waals surface area contributed by atoms with E-state index in [1.54, 1.807) is 48.5 Å². The van der Waals surface area contributed by atoms with Crippen molar-refractivity contribution in [1.82, 2.24) is 47.0 Å². The number of phenols is 1. The van der Waals surface area contributed by atoms with E-state index in [-0.39, 0.29) is 81.5 Å². The Morgan fingerprint density at radius 2 is 1.42 bits per heavy atom. The number of hydrogen-bond donors (Lipinski definition) is 9. The number of cyclic esters (lactones) is 1. The van der Waals surface area contributed by atoms with Crippen molar-refractivity contribution in [3.05, 3.63) is 29.8 Å². The zero-order valence-electron chi connectivity index (χ0n) is 45.6. The van der Waals surface area contributed by atoms with Crippen molar-refractivity contribution in [2.75, 3.05) is 26.2 Å². The highest BCUT2D eigenvalue weighted by atomic mass is 16.5.